The summed E-state index contributed by atoms with van der Waals surface area (Å²) in [6.45, 7) is 6.44. The van der Waals surface area contributed by atoms with Crippen molar-refractivity contribution < 1.29 is 9.53 Å². The van der Waals surface area contributed by atoms with Gasteiger partial charge in [0.05, 0.1) is 23.8 Å². The fourth-order valence-corrected chi connectivity index (χ4v) is 4.60. The number of nitriles is 1. The molecular weight excluding hydrogens is 400 g/mol. The van der Waals surface area contributed by atoms with Crippen LogP contribution in [-0.4, -0.2) is 73.7 Å². The van der Waals surface area contributed by atoms with Gasteiger partial charge < -0.3 is 10.1 Å². The normalized spacial score (nSPS) is 21.1. The van der Waals surface area contributed by atoms with Crippen molar-refractivity contribution >= 4 is 5.91 Å². The first-order valence-corrected chi connectivity index (χ1v) is 11.6. The molecule has 1 N–H and O–H groups in total. The van der Waals surface area contributed by atoms with Crippen molar-refractivity contribution in [1.82, 2.24) is 15.1 Å². The van der Waals surface area contributed by atoms with E-state index in [0.29, 0.717) is 24.9 Å². The maximum absolute atomic E-state index is 12.2. The number of benzene rings is 2. The van der Waals surface area contributed by atoms with E-state index < -0.39 is 0 Å². The molecule has 0 radical (unpaired) electrons. The van der Waals surface area contributed by atoms with E-state index in [2.05, 4.69) is 51.5 Å². The third-order valence-corrected chi connectivity index (χ3v) is 6.27. The molecule has 6 nitrogen and oxygen atoms in total. The lowest BCUT2D eigenvalue weighted by Crippen LogP contribution is -2.60. The number of hydrogen-bond acceptors (Lipinski definition) is 5. The molecule has 2 unspecified atom stereocenters. The van der Waals surface area contributed by atoms with Gasteiger partial charge in [0.1, 0.15) is 0 Å². The number of carbonyl (C=O) groups excluding carboxylic acids is 1. The summed E-state index contributed by atoms with van der Waals surface area (Å²) in [6, 6.07) is 20.2. The summed E-state index contributed by atoms with van der Waals surface area (Å²) in [4.78, 5) is 17.2. The molecule has 4 rings (SSSR count). The lowest BCUT2D eigenvalue weighted by molar-refractivity contribution is -0.138. The van der Waals surface area contributed by atoms with E-state index >= 15 is 0 Å². The molecule has 32 heavy (non-hydrogen) atoms. The smallest absolute Gasteiger partial charge is 0.220 e. The van der Waals surface area contributed by atoms with Crippen LogP contribution in [-0.2, 0) is 22.4 Å². The van der Waals surface area contributed by atoms with E-state index in [4.69, 9.17) is 10.00 Å². The molecule has 168 valence electrons. The first-order valence-electron chi connectivity index (χ1n) is 11.6. The fourth-order valence-electron chi connectivity index (χ4n) is 4.60. The third kappa shape index (κ3) is 6.64. The first kappa shape index (κ1) is 22.5. The maximum Gasteiger partial charge on any atom is 0.220 e. The second kappa shape index (κ2) is 11.2. The molecule has 2 heterocycles. The number of nitrogens with one attached hydrogen (secondary N) is 1. The number of ether oxygens (including phenoxy) is 1. The molecule has 2 fully saturated rings. The van der Waals surface area contributed by atoms with Crippen LogP contribution in [0.15, 0.2) is 54.6 Å². The SMILES string of the molecule is N#Cc1ccc(CCC(=O)NCCN2CC3CN(CCc4ccccc4)CC(C2)O3)cc1. The Kier molecular flexibility index (Phi) is 7.89. The van der Waals surface area contributed by atoms with Crippen molar-refractivity contribution in [3.05, 3.63) is 71.3 Å². The van der Waals surface area contributed by atoms with Crippen molar-refractivity contribution in [2.75, 3.05) is 45.8 Å². The van der Waals surface area contributed by atoms with Gasteiger partial charge in [0.15, 0.2) is 0 Å². The number of aryl methyl sites for hydroxylation is 1. The van der Waals surface area contributed by atoms with Crippen molar-refractivity contribution in [2.24, 2.45) is 0 Å². The molecule has 2 aliphatic rings. The minimum Gasteiger partial charge on any atom is -0.370 e. The molecule has 2 aliphatic heterocycles. The Morgan fingerprint density at radius 1 is 0.906 bits per heavy atom. The minimum absolute atomic E-state index is 0.0786. The molecule has 2 saturated heterocycles. The molecular formula is C26H32N4O2. The van der Waals surface area contributed by atoms with Crippen LogP contribution in [0, 0.1) is 11.3 Å². The number of hydrogen-bond donors (Lipinski definition) is 1. The molecule has 6 heteroatoms. The van der Waals surface area contributed by atoms with Crippen LogP contribution in [0.25, 0.3) is 0 Å². The summed E-state index contributed by atoms with van der Waals surface area (Å²) in [5.41, 5.74) is 3.12. The summed E-state index contributed by atoms with van der Waals surface area (Å²) < 4.78 is 6.18. The Morgan fingerprint density at radius 2 is 1.53 bits per heavy atom. The quantitative estimate of drug-likeness (QED) is 0.658. The zero-order valence-electron chi connectivity index (χ0n) is 18.6. The molecule has 0 aromatic heterocycles. The first-order chi connectivity index (χ1) is 15.7. The van der Waals surface area contributed by atoms with Gasteiger partial charge in [-0.2, -0.15) is 5.26 Å². The Morgan fingerprint density at radius 3 is 2.19 bits per heavy atom. The minimum atomic E-state index is 0.0786. The van der Waals surface area contributed by atoms with Crippen LogP contribution in [0.5, 0.6) is 0 Å². The summed E-state index contributed by atoms with van der Waals surface area (Å²) in [5, 5.41) is 11.9. The van der Waals surface area contributed by atoms with E-state index in [-0.39, 0.29) is 18.1 Å². The van der Waals surface area contributed by atoms with Gasteiger partial charge in [-0.1, -0.05) is 42.5 Å². The highest BCUT2D eigenvalue weighted by molar-refractivity contribution is 5.76. The lowest BCUT2D eigenvalue weighted by atomic mass is 10.1. The van der Waals surface area contributed by atoms with Crippen LogP contribution < -0.4 is 5.32 Å². The average molecular weight is 433 g/mol. The van der Waals surface area contributed by atoms with Crippen molar-refractivity contribution in [3.63, 3.8) is 0 Å². The monoisotopic (exact) mass is 432 g/mol. The summed E-state index contributed by atoms with van der Waals surface area (Å²) in [7, 11) is 0. The molecule has 0 spiro atoms. The van der Waals surface area contributed by atoms with Gasteiger partial charge in [0, 0.05) is 52.2 Å². The largest absolute Gasteiger partial charge is 0.370 e. The van der Waals surface area contributed by atoms with Gasteiger partial charge in [-0.25, -0.2) is 0 Å². The van der Waals surface area contributed by atoms with E-state index in [1.165, 1.54) is 5.56 Å². The van der Waals surface area contributed by atoms with Crippen LogP contribution in [0.1, 0.15) is 23.1 Å². The topological polar surface area (TPSA) is 68.6 Å². The lowest BCUT2D eigenvalue weighted by Gasteiger charge is -2.46. The van der Waals surface area contributed by atoms with Crippen LogP contribution in [0.3, 0.4) is 0 Å². The number of rotatable bonds is 9. The van der Waals surface area contributed by atoms with E-state index in [1.807, 2.05) is 12.1 Å². The second-order valence-corrected chi connectivity index (χ2v) is 8.79. The number of fused-ring (bicyclic) bond motifs is 2. The number of morpholine rings is 2. The molecule has 2 aromatic rings. The number of amides is 1. The van der Waals surface area contributed by atoms with E-state index in [0.717, 1.165) is 51.3 Å². The molecule has 1 amide bonds. The predicted molar refractivity (Wildman–Crippen MR) is 124 cm³/mol. The Labute approximate surface area is 190 Å². The Bertz CT molecular complexity index is 896. The summed E-state index contributed by atoms with van der Waals surface area (Å²) in [6.07, 6.45) is 2.75. The standard InChI is InChI=1S/C26H32N4O2/c27-16-23-8-6-22(7-9-23)10-11-26(31)28-13-15-30-19-24-17-29(18-25(20-30)32-24)14-12-21-4-2-1-3-5-21/h1-9,24-25H,10-15,17-20H2,(H,28,31). The average Bonchev–Trinajstić information content (AvgIpc) is 2.82. The maximum atomic E-state index is 12.2. The van der Waals surface area contributed by atoms with Gasteiger partial charge in [-0.15, -0.1) is 0 Å². The zero-order chi connectivity index (χ0) is 22.2. The van der Waals surface area contributed by atoms with Crippen molar-refractivity contribution in [1.29, 1.82) is 5.26 Å². The molecule has 2 atom stereocenters. The highest BCUT2D eigenvalue weighted by Crippen LogP contribution is 2.19. The third-order valence-electron chi connectivity index (χ3n) is 6.27. The number of nitrogens with zero attached hydrogens (tertiary/aromatic N) is 3. The van der Waals surface area contributed by atoms with Crippen molar-refractivity contribution in [3.8, 4) is 6.07 Å². The highest BCUT2D eigenvalue weighted by atomic mass is 16.5. The Hall–Kier alpha value is -2.72. The molecule has 0 saturated carbocycles. The van der Waals surface area contributed by atoms with Gasteiger partial charge in [-0.3, -0.25) is 14.6 Å². The highest BCUT2D eigenvalue weighted by Gasteiger charge is 2.34. The van der Waals surface area contributed by atoms with Crippen molar-refractivity contribution in [2.45, 2.75) is 31.5 Å². The fraction of sp³-hybridized carbons (Fsp3) is 0.462. The van der Waals surface area contributed by atoms with E-state index in [1.54, 1.807) is 12.1 Å². The summed E-state index contributed by atoms with van der Waals surface area (Å²) in [5.74, 6) is 0.0786. The van der Waals surface area contributed by atoms with E-state index in [9.17, 15) is 4.79 Å². The zero-order valence-corrected chi connectivity index (χ0v) is 18.6. The van der Waals surface area contributed by atoms with Crippen LogP contribution in [0.2, 0.25) is 0 Å². The van der Waals surface area contributed by atoms with Crippen LogP contribution in [0.4, 0.5) is 0 Å². The number of carbonyl (C=O) groups is 1. The molecule has 0 aliphatic carbocycles. The summed E-state index contributed by atoms with van der Waals surface area (Å²) >= 11 is 0. The van der Waals surface area contributed by atoms with Gasteiger partial charge in [0.2, 0.25) is 5.91 Å². The molecule has 2 aromatic carbocycles. The second-order valence-electron chi connectivity index (χ2n) is 8.79. The van der Waals surface area contributed by atoms with Gasteiger partial charge in [0.25, 0.3) is 0 Å². The van der Waals surface area contributed by atoms with Gasteiger partial charge >= 0.3 is 0 Å². The Balaban J connectivity index is 1.12. The van der Waals surface area contributed by atoms with Crippen LogP contribution >= 0.6 is 0 Å². The predicted octanol–water partition coefficient (Wildman–Crippen LogP) is 2.23. The van der Waals surface area contributed by atoms with Gasteiger partial charge in [-0.05, 0) is 36.1 Å². The molecule has 2 bridgehead atoms.